The Kier molecular flexibility index (Phi) is 5.99. The number of hydrogen-bond donors (Lipinski definition) is 4. The first-order chi connectivity index (χ1) is 10.6. The van der Waals surface area contributed by atoms with Crippen LogP contribution in [0.3, 0.4) is 0 Å². The van der Waals surface area contributed by atoms with Crippen molar-refractivity contribution in [1.29, 1.82) is 0 Å². The van der Waals surface area contributed by atoms with Crippen LogP contribution in [0.4, 0.5) is 4.79 Å². The van der Waals surface area contributed by atoms with Crippen LogP contribution in [0.5, 0.6) is 0 Å². The van der Waals surface area contributed by atoms with Crippen LogP contribution >= 0.6 is 15.9 Å². The topological polar surface area (TPSA) is 112 Å². The largest absolute Gasteiger partial charge is 0.368 e. The van der Waals surface area contributed by atoms with E-state index in [4.69, 9.17) is 11.6 Å². The molecule has 120 valence electrons. The number of rotatable bonds is 3. The van der Waals surface area contributed by atoms with Gasteiger partial charge >= 0.3 is 6.03 Å². The van der Waals surface area contributed by atoms with Crippen LogP contribution in [0.15, 0.2) is 33.8 Å². The first kappa shape index (κ1) is 16.5. The van der Waals surface area contributed by atoms with E-state index in [-0.39, 0.29) is 12.0 Å². The van der Waals surface area contributed by atoms with Crippen LogP contribution < -0.4 is 22.4 Å². The van der Waals surface area contributed by atoms with E-state index in [9.17, 15) is 4.79 Å². The van der Waals surface area contributed by atoms with E-state index in [0.717, 1.165) is 24.1 Å². The van der Waals surface area contributed by atoms with Gasteiger partial charge in [-0.05, 0) is 17.7 Å². The number of benzene rings is 1. The maximum absolute atomic E-state index is 11.9. The van der Waals surface area contributed by atoms with Gasteiger partial charge in [0.05, 0.1) is 0 Å². The van der Waals surface area contributed by atoms with Crippen LogP contribution in [0.2, 0.25) is 0 Å². The summed E-state index contributed by atoms with van der Waals surface area (Å²) in [6, 6.07) is 8.00. The van der Waals surface area contributed by atoms with E-state index in [1.54, 1.807) is 4.90 Å². The molecular weight excluding hydrogens is 350 g/mol. The first-order valence-corrected chi connectivity index (χ1v) is 7.69. The lowest BCUT2D eigenvalue weighted by atomic mass is 10.2. The SMILES string of the molecule is NN/N=C(\N)NC(=O)N1CCN(Cc2ccc(Br)cc2)CC1. The van der Waals surface area contributed by atoms with Crippen molar-refractivity contribution >= 4 is 27.9 Å². The zero-order valence-electron chi connectivity index (χ0n) is 12.1. The van der Waals surface area contributed by atoms with Crippen LogP contribution in [-0.2, 0) is 6.54 Å². The van der Waals surface area contributed by atoms with Crippen molar-refractivity contribution in [3.63, 3.8) is 0 Å². The van der Waals surface area contributed by atoms with Gasteiger partial charge in [-0.1, -0.05) is 28.1 Å². The van der Waals surface area contributed by atoms with Gasteiger partial charge in [-0.15, -0.1) is 5.10 Å². The smallest absolute Gasteiger partial charge is 0.324 e. The van der Waals surface area contributed by atoms with Gasteiger partial charge in [-0.25, -0.2) is 16.2 Å². The Labute approximate surface area is 137 Å². The predicted molar refractivity (Wildman–Crippen MR) is 88.5 cm³/mol. The number of nitrogens with two attached hydrogens (primary N) is 2. The fourth-order valence-electron chi connectivity index (χ4n) is 2.24. The standard InChI is InChI=1S/C13H20BrN7O/c14-11-3-1-10(2-4-11)9-20-5-7-21(8-6-20)13(22)17-12(15)18-19-16/h1-4,19H,5-9,16H2,(H3,15,17,18,22). The number of urea groups is 1. The number of nitrogens with zero attached hydrogens (tertiary/aromatic N) is 3. The summed E-state index contributed by atoms with van der Waals surface area (Å²) >= 11 is 3.43. The van der Waals surface area contributed by atoms with Crippen molar-refractivity contribution < 1.29 is 4.79 Å². The highest BCUT2D eigenvalue weighted by molar-refractivity contribution is 9.10. The fourth-order valence-corrected chi connectivity index (χ4v) is 2.51. The summed E-state index contributed by atoms with van der Waals surface area (Å²) in [6.45, 7) is 3.80. The van der Waals surface area contributed by atoms with Crippen molar-refractivity contribution in [1.82, 2.24) is 20.7 Å². The van der Waals surface area contributed by atoms with Gasteiger partial charge in [-0.2, -0.15) is 0 Å². The third-order valence-corrected chi connectivity index (χ3v) is 3.93. The minimum absolute atomic E-state index is 0.0511. The Bertz CT molecular complexity index is 526. The molecule has 8 nitrogen and oxygen atoms in total. The van der Waals surface area contributed by atoms with E-state index in [0.29, 0.717) is 13.1 Å². The molecule has 0 aromatic heterocycles. The Hall–Kier alpha value is -1.84. The van der Waals surface area contributed by atoms with Crippen LogP contribution in [0.25, 0.3) is 0 Å². The van der Waals surface area contributed by atoms with Gasteiger partial charge in [0.2, 0.25) is 5.96 Å². The average Bonchev–Trinajstić information content (AvgIpc) is 2.50. The summed E-state index contributed by atoms with van der Waals surface area (Å²) in [5, 5.41) is 5.96. The van der Waals surface area contributed by atoms with Crippen molar-refractivity contribution in [2.24, 2.45) is 16.7 Å². The second-order valence-corrected chi connectivity index (χ2v) is 5.86. The summed E-state index contributed by atoms with van der Waals surface area (Å²) in [7, 11) is 0. The number of amides is 2. The Morgan fingerprint density at radius 2 is 1.86 bits per heavy atom. The zero-order valence-corrected chi connectivity index (χ0v) is 13.7. The lowest BCUT2D eigenvalue weighted by Gasteiger charge is -2.34. The molecule has 0 bridgehead atoms. The molecule has 2 rings (SSSR count). The molecule has 0 saturated carbocycles. The van der Waals surface area contributed by atoms with Crippen LogP contribution in [0.1, 0.15) is 5.56 Å². The monoisotopic (exact) mass is 369 g/mol. The molecule has 1 saturated heterocycles. The number of halogens is 1. The fraction of sp³-hybridized carbons (Fsp3) is 0.385. The highest BCUT2D eigenvalue weighted by Crippen LogP contribution is 2.13. The van der Waals surface area contributed by atoms with E-state index < -0.39 is 0 Å². The van der Waals surface area contributed by atoms with Gasteiger partial charge in [0.1, 0.15) is 0 Å². The van der Waals surface area contributed by atoms with Crippen molar-refractivity contribution in [3.05, 3.63) is 34.3 Å². The third-order valence-electron chi connectivity index (χ3n) is 3.40. The number of piperazine rings is 1. The molecule has 1 aliphatic heterocycles. The summed E-state index contributed by atoms with van der Waals surface area (Å²) < 4.78 is 1.07. The van der Waals surface area contributed by atoms with E-state index in [1.807, 2.05) is 17.7 Å². The molecule has 1 aromatic rings. The van der Waals surface area contributed by atoms with E-state index in [2.05, 4.69) is 43.4 Å². The highest BCUT2D eigenvalue weighted by Gasteiger charge is 2.21. The number of guanidine groups is 1. The van der Waals surface area contributed by atoms with Crippen molar-refractivity contribution in [2.45, 2.75) is 6.54 Å². The molecule has 0 atom stereocenters. The molecular formula is C13H20BrN7O. The summed E-state index contributed by atoms with van der Waals surface area (Å²) in [4.78, 5) is 16.0. The number of nitrogens with one attached hydrogen (secondary N) is 2. The minimum Gasteiger partial charge on any atom is -0.368 e. The normalized spacial score (nSPS) is 16.5. The van der Waals surface area contributed by atoms with Crippen molar-refractivity contribution in [2.75, 3.05) is 26.2 Å². The molecule has 0 aliphatic carbocycles. The highest BCUT2D eigenvalue weighted by atomic mass is 79.9. The van der Waals surface area contributed by atoms with E-state index in [1.165, 1.54) is 5.56 Å². The maximum atomic E-state index is 11.9. The molecule has 2 amide bonds. The summed E-state index contributed by atoms with van der Waals surface area (Å²) in [5.74, 6) is 4.94. The van der Waals surface area contributed by atoms with Crippen LogP contribution in [0, 0.1) is 0 Å². The predicted octanol–water partition coefficient (Wildman–Crippen LogP) is -0.0307. The van der Waals surface area contributed by atoms with E-state index >= 15 is 0 Å². The van der Waals surface area contributed by atoms with Crippen molar-refractivity contribution in [3.8, 4) is 0 Å². The maximum Gasteiger partial charge on any atom is 0.324 e. The molecule has 6 N–H and O–H groups in total. The number of hydrazone groups is 1. The number of carbonyl (C=O) groups is 1. The first-order valence-electron chi connectivity index (χ1n) is 6.90. The molecule has 0 unspecified atom stereocenters. The molecule has 1 heterocycles. The van der Waals surface area contributed by atoms with Gasteiger partial charge in [-0.3, -0.25) is 10.2 Å². The Balaban J connectivity index is 1.79. The van der Waals surface area contributed by atoms with Gasteiger partial charge < -0.3 is 10.6 Å². The Morgan fingerprint density at radius 1 is 1.23 bits per heavy atom. The molecule has 1 fully saturated rings. The zero-order chi connectivity index (χ0) is 15.9. The molecule has 0 spiro atoms. The number of carbonyl (C=O) groups excluding carboxylic acids is 1. The molecule has 9 heteroatoms. The average molecular weight is 370 g/mol. The summed E-state index contributed by atoms with van der Waals surface area (Å²) in [6.07, 6.45) is 0. The van der Waals surface area contributed by atoms with Gasteiger partial charge in [0.15, 0.2) is 0 Å². The molecule has 1 aromatic carbocycles. The third kappa shape index (κ3) is 4.86. The second-order valence-electron chi connectivity index (χ2n) is 4.95. The number of hydrogen-bond acceptors (Lipinski definition) is 5. The number of hydrazine groups is 1. The molecule has 22 heavy (non-hydrogen) atoms. The van der Waals surface area contributed by atoms with Gasteiger partial charge in [0.25, 0.3) is 0 Å². The van der Waals surface area contributed by atoms with Gasteiger partial charge in [0, 0.05) is 37.2 Å². The molecule has 0 radical (unpaired) electrons. The lowest BCUT2D eigenvalue weighted by molar-refractivity contribution is 0.138. The molecule has 1 aliphatic rings. The Morgan fingerprint density at radius 3 is 2.45 bits per heavy atom. The lowest BCUT2D eigenvalue weighted by Crippen LogP contribution is -2.53. The quantitative estimate of drug-likeness (QED) is 0.258. The summed E-state index contributed by atoms with van der Waals surface area (Å²) in [5.41, 5.74) is 8.76. The second kappa shape index (κ2) is 7.97. The minimum atomic E-state index is -0.264. The van der Waals surface area contributed by atoms with Crippen LogP contribution in [-0.4, -0.2) is 48.0 Å².